The predicted octanol–water partition coefficient (Wildman–Crippen LogP) is 2.66. The summed E-state index contributed by atoms with van der Waals surface area (Å²) in [6.07, 6.45) is 0.179. The van der Waals surface area contributed by atoms with Gasteiger partial charge in [0.05, 0.1) is 40.7 Å². The molecule has 0 unspecified atom stereocenters. The van der Waals surface area contributed by atoms with Crippen LogP contribution in [0.2, 0.25) is 0 Å². The second-order valence-electron chi connectivity index (χ2n) is 5.61. The van der Waals surface area contributed by atoms with E-state index in [1.165, 1.54) is 11.3 Å². The molecule has 1 amide bonds. The highest BCUT2D eigenvalue weighted by Gasteiger charge is 2.20. The molecule has 0 radical (unpaired) electrons. The highest BCUT2D eigenvalue weighted by molar-refractivity contribution is 7.09. The van der Waals surface area contributed by atoms with Gasteiger partial charge in [0, 0.05) is 11.1 Å². The maximum atomic E-state index is 12.0. The number of aromatic amines is 1. The second kappa shape index (κ2) is 8.06. The molecule has 0 aliphatic rings. The van der Waals surface area contributed by atoms with E-state index >= 15 is 0 Å². The van der Waals surface area contributed by atoms with Crippen molar-refractivity contribution < 1.29 is 14.3 Å². The number of carbonyl (C=O) groups is 2. The lowest BCUT2D eigenvalue weighted by molar-refractivity contribution is -0.120. The minimum absolute atomic E-state index is 0.179. The molecule has 2 aromatic rings. The fourth-order valence-electron chi connectivity index (χ4n) is 2.52. The van der Waals surface area contributed by atoms with Crippen molar-refractivity contribution >= 4 is 28.9 Å². The van der Waals surface area contributed by atoms with E-state index in [4.69, 9.17) is 4.74 Å². The lowest BCUT2D eigenvalue weighted by Crippen LogP contribution is -2.21. The Labute approximate surface area is 150 Å². The molecule has 134 valence electrons. The summed E-state index contributed by atoms with van der Waals surface area (Å²) in [7, 11) is 0. The maximum Gasteiger partial charge on any atom is 0.340 e. The largest absolute Gasteiger partial charge is 0.462 e. The summed E-state index contributed by atoms with van der Waals surface area (Å²) in [5.41, 5.74) is 6.51. The molecular formula is C17H22N4O3S. The highest BCUT2D eigenvalue weighted by atomic mass is 32.1. The first kappa shape index (κ1) is 18.9. The highest BCUT2D eigenvalue weighted by Crippen LogP contribution is 2.19. The van der Waals surface area contributed by atoms with Gasteiger partial charge in [-0.15, -0.1) is 11.3 Å². The second-order valence-corrected chi connectivity index (χ2v) is 6.67. The van der Waals surface area contributed by atoms with Crippen LogP contribution >= 0.6 is 11.3 Å². The van der Waals surface area contributed by atoms with Gasteiger partial charge in [0.2, 0.25) is 5.91 Å². The molecule has 0 bridgehead atoms. The van der Waals surface area contributed by atoms with E-state index in [0.29, 0.717) is 29.3 Å². The number of H-pyrrole nitrogens is 1. The van der Waals surface area contributed by atoms with E-state index in [1.807, 2.05) is 19.2 Å². The van der Waals surface area contributed by atoms with Gasteiger partial charge in [-0.2, -0.15) is 5.10 Å². The minimum Gasteiger partial charge on any atom is -0.462 e. The summed E-state index contributed by atoms with van der Waals surface area (Å²) in [4.78, 5) is 31.4. The lowest BCUT2D eigenvalue weighted by atomic mass is 10.1. The van der Waals surface area contributed by atoms with Gasteiger partial charge >= 0.3 is 5.97 Å². The summed E-state index contributed by atoms with van der Waals surface area (Å²) < 4.78 is 5.07. The van der Waals surface area contributed by atoms with Crippen LogP contribution in [0, 0.1) is 20.8 Å². The number of hydrogen-bond acceptors (Lipinski definition) is 6. The standard InChI is InChI=1S/C17H22N4O3S/c1-6-24-17(23)15-9(2)16(18-10(15)3)11(4)20-21-14(22)7-13-8-25-12(5)19-13/h8,18H,6-7H2,1-5H3,(H,21,22)/b20-11+. The van der Waals surface area contributed by atoms with Crippen LogP contribution in [0.4, 0.5) is 0 Å². The first-order valence-electron chi connectivity index (χ1n) is 7.94. The zero-order valence-corrected chi connectivity index (χ0v) is 15.8. The van der Waals surface area contributed by atoms with Crippen LogP contribution in [0.3, 0.4) is 0 Å². The third-order valence-electron chi connectivity index (χ3n) is 3.64. The Balaban J connectivity index is 2.10. The number of aryl methyl sites for hydroxylation is 2. The van der Waals surface area contributed by atoms with Crippen LogP contribution in [-0.4, -0.2) is 34.2 Å². The van der Waals surface area contributed by atoms with Gasteiger partial charge in [-0.3, -0.25) is 4.79 Å². The van der Waals surface area contributed by atoms with Gasteiger partial charge in [-0.25, -0.2) is 15.2 Å². The van der Waals surface area contributed by atoms with Crippen LogP contribution in [0.5, 0.6) is 0 Å². The molecule has 0 atom stereocenters. The zero-order chi connectivity index (χ0) is 18.6. The third-order valence-corrected chi connectivity index (χ3v) is 4.46. The Bertz CT molecular complexity index is 820. The fourth-order valence-corrected chi connectivity index (χ4v) is 3.13. The first-order valence-corrected chi connectivity index (χ1v) is 8.82. The summed E-state index contributed by atoms with van der Waals surface area (Å²) in [6, 6.07) is 0. The molecule has 0 aliphatic heterocycles. The summed E-state index contributed by atoms with van der Waals surface area (Å²) in [5, 5.41) is 6.91. The van der Waals surface area contributed by atoms with Crippen molar-refractivity contribution in [3.05, 3.63) is 38.6 Å². The Hall–Kier alpha value is -2.48. The van der Waals surface area contributed by atoms with E-state index in [1.54, 1.807) is 20.8 Å². The van der Waals surface area contributed by atoms with E-state index in [9.17, 15) is 9.59 Å². The van der Waals surface area contributed by atoms with Gasteiger partial charge in [0.15, 0.2) is 0 Å². The smallest absolute Gasteiger partial charge is 0.340 e. The molecule has 0 aliphatic carbocycles. The Kier molecular flexibility index (Phi) is 6.08. The van der Waals surface area contributed by atoms with E-state index in [-0.39, 0.29) is 18.3 Å². The fraction of sp³-hybridized carbons (Fsp3) is 0.412. The molecule has 0 saturated heterocycles. The number of nitrogens with one attached hydrogen (secondary N) is 2. The molecule has 0 aromatic carbocycles. The quantitative estimate of drug-likeness (QED) is 0.469. The molecular weight excluding hydrogens is 340 g/mol. The third kappa shape index (κ3) is 4.54. The SMILES string of the molecule is CCOC(=O)c1c(C)[nH]c(/C(C)=N/NC(=O)Cc2csc(C)n2)c1C. The molecule has 0 fully saturated rings. The van der Waals surface area contributed by atoms with Crippen molar-refractivity contribution in [1.29, 1.82) is 0 Å². The van der Waals surface area contributed by atoms with Crippen molar-refractivity contribution in [2.75, 3.05) is 6.61 Å². The van der Waals surface area contributed by atoms with E-state index in [2.05, 4.69) is 20.5 Å². The number of ether oxygens (including phenoxy) is 1. The molecule has 7 nitrogen and oxygen atoms in total. The number of hydrogen-bond donors (Lipinski definition) is 2. The number of esters is 1. The van der Waals surface area contributed by atoms with Crippen LogP contribution in [0.15, 0.2) is 10.5 Å². The lowest BCUT2D eigenvalue weighted by Gasteiger charge is -2.03. The number of hydrazone groups is 1. The Morgan fingerprint density at radius 2 is 2.08 bits per heavy atom. The molecule has 2 heterocycles. The van der Waals surface area contributed by atoms with Crippen LogP contribution in [-0.2, 0) is 16.0 Å². The monoisotopic (exact) mass is 362 g/mol. The summed E-state index contributed by atoms with van der Waals surface area (Å²) >= 11 is 1.50. The number of amides is 1. The zero-order valence-electron chi connectivity index (χ0n) is 15.0. The molecule has 8 heteroatoms. The first-order chi connectivity index (χ1) is 11.8. The summed E-state index contributed by atoms with van der Waals surface area (Å²) in [6.45, 7) is 9.37. The summed E-state index contributed by atoms with van der Waals surface area (Å²) in [5.74, 6) is -0.605. The average molecular weight is 362 g/mol. The van der Waals surface area contributed by atoms with Gasteiger partial charge < -0.3 is 9.72 Å². The van der Waals surface area contributed by atoms with Crippen molar-refractivity contribution in [1.82, 2.24) is 15.4 Å². The Morgan fingerprint density at radius 3 is 2.68 bits per heavy atom. The molecule has 0 saturated carbocycles. The van der Waals surface area contributed by atoms with Crippen LogP contribution in [0.1, 0.15) is 51.9 Å². The van der Waals surface area contributed by atoms with Gasteiger partial charge in [-0.1, -0.05) is 0 Å². The minimum atomic E-state index is -0.365. The van der Waals surface area contributed by atoms with Gasteiger partial charge in [0.1, 0.15) is 0 Å². The molecule has 2 aromatic heterocycles. The Morgan fingerprint density at radius 1 is 1.36 bits per heavy atom. The molecule has 25 heavy (non-hydrogen) atoms. The number of thiazole rings is 1. The van der Waals surface area contributed by atoms with Crippen molar-refractivity contribution in [2.45, 2.75) is 41.0 Å². The van der Waals surface area contributed by atoms with Gasteiger partial charge in [-0.05, 0) is 40.2 Å². The number of rotatable bonds is 6. The number of aromatic nitrogens is 2. The van der Waals surface area contributed by atoms with E-state index < -0.39 is 0 Å². The molecule has 2 rings (SSSR count). The predicted molar refractivity (Wildman–Crippen MR) is 97.1 cm³/mol. The van der Waals surface area contributed by atoms with Crippen molar-refractivity contribution in [3.8, 4) is 0 Å². The van der Waals surface area contributed by atoms with Crippen LogP contribution in [0.25, 0.3) is 0 Å². The molecule has 0 spiro atoms. The normalized spacial score (nSPS) is 11.5. The van der Waals surface area contributed by atoms with Gasteiger partial charge in [0.25, 0.3) is 0 Å². The number of carbonyl (C=O) groups excluding carboxylic acids is 2. The van der Waals surface area contributed by atoms with Crippen molar-refractivity contribution in [3.63, 3.8) is 0 Å². The average Bonchev–Trinajstić information content (AvgIpc) is 3.08. The number of nitrogens with zero attached hydrogens (tertiary/aromatic N) is 2. The maximum absolute atomic E-state index is 12.0. The van der Waals surface area contributed by atoms with E-state index in [0.717, 1.165) is 16.3 Å². The van der Waals surface area contributed by atoms with Crippen LogP contribution < -0.4 is 5.43 Å². The van der Waals surface area contributed by atoms with Crippen molar-refractivity contribution in [2.24, 2.45) is 5.10 Å². The molecule has 2 N–H and O–H groups in total. The topological polar surface area (TPSA) is 96.4 Å².